The Labute approximate surface area is 444 Å². The van der Waals surface area contributed by atoms with Crippen LogP contribution in [0, 0.1) is 0 Å². The van der Waals surface area contributed by atoms with Crippen molar-refractivity contribution in [3.8, 4) is 0 Å². The van der Waals surface area contributed by atoms with Gasteiger partial charge >= 0.3 is 0 Å². The lowest BCUT2D eigenvalue weighted by molar-refractivity contribution is -0.302. The van der Waals surface area contributed by atoms with Crippen molar-refractivity contribution in [1.82, 2.24) is 5.32 Å². The molecule has 9 heteroatoms. The minimum atomic E-state index is -1.58. The standard InChI is InChI=1S/C64H103NO8/c1-3-5-7-9-11-13-15-16-17-18-19-20-21-22-23-24-25-26-27-28-29-30-31-32-33-34-35-36-37-38-39-40-41-42-44-46-48-50-52-54-60(68)65-57(56-72-64-63(71)62(70)61(69)59(55-66)73-64)58(67)53-51-49-47-45-43-14-12-10-8-6-4-2/h5,7-8,10-11,13,16-17,19-20,22-23,25-26,28-29,31-32,34-35,43,45,51,53,57-59,61-64,66-67,69-71H,3-4,6,9,12,14-15,18,21,24,27,30,33,36-42,44,46-50,52,54-56H2,1-2H3,(H,65,68)/b7-5-,10-8+,13-11-,17-16-,20-19-,23-22-,26-25-,29-28-,32-31-,35-34-,45-43+,53-51+. The van der Waals surface area contributed by atoms with Gasteiger partial charge in [0.2, 0.25) is 5.91 Å². The van der Waals surface area contributed by atoms with E-state index >= 15 is 0 Å². The predicted octanol–water partition coefficient (Wildman–Crippen LogP) is 14.3. The van der Waals surface area contributed by atoms with E-state index in [0.717, 1.165) is 128 Å². The molecule has 412 valence electrons. The van der Waals surface area contributed by atoms with Crippen LogP contribution in [0.1, 0.15) is 194 Å². The third-order valence-corrected chi connectivity index (χ3v) is 12.4. The summed E-state index contributed by atoms with van der Waals surface area (Å²) in [5.74, 6) is -0.203. The van der Waals surface area contributed by atoms with Crippen molar-refractivity contribution in [2.45, 2.75) is 236 Å². The smallest absolute Gasteiger partial charge is 0.220 e. The summed E-state index contributed by atoms with van der Waals surface area (Å²) in [5.41, 5.74) is 0. The van der Waals surface area contributed by atoms with Crippen LogP contribution in [0.5, 0.6) is 0 Å². The Bertz CT molecular complexity index is 1650. The molecule has 6 N–H and O–H groups in total. The van der Waals surface area contributed by atoms with Gasteiger partial charge in [-0.15, -0.1) is 0 Å². The van der Waals surface area contributed by atoms with Gasteiger partial charge < -0.3 is 40.3 Å². The van der Waals surface area contributed by atoms with Gasteiger partial charge in [-0.25, -0.2) is 0 Å². The highest BCUT2D eigenvalue weighted by atomic mass is 16.7. The SMILES string of the molecule is CC/C=C\C/C=C\C/C=C\C/C=C\C/C=C\C/C=C\C/C=C\C/C=C\C/C=C\CCCCCCCCCCCCCC(=O)NC(COC1OC(CO)C(O)C(O)C1O)C(O)/C=C/CC/C=C/CC/C=C/CCC. The maximum absolute atomic E-state index is 13.0. The summed E-state index contributed by atoms with van der Waals surface area (Å²) in [6.07, 6.45) is 73.6. The predicted molar refractivity (Wildman–Crippen MR) is 308 cm³/mol. The Morgan fingerprint density at radius 3 is 1.30 bits per heavy atom. The molecule has 1 rings (SSSR count). The average molecular weight is 1010 g/mol. The molecule has 1 heterocycles. The van der Waals surface area contributed by atoms with E-state index in [4.69, 9.17) is 9.47 Å². The third-order valence-electron chi connectivity index (χ3n) is 12.4. The van der Waals surface area contributed by atoms with E-state index in [2.05, 4.69) is 153 Å². The zero-order chi connectivity index (χ0) is 52.9. The number of aliphatic hydroxyl groups excluding tert-OH is 5. The second-order valence-corrected chi connectivity index (χ2v) is 19.0. The molecule has 7 unspecified atom stereocenters. The Kier molecular flexibility index (Phi) is 47.4. The number of hydrogen-bond donors (Lipinski definition) is 6. The van der Waals surface area contributed by atoms with Crippen LogP contribution in [-0.4, -0.2) is 87.5 Å². The number of rotatable bonds is 46. The largest absolute Gasteiger partial charge is 0.394 e. The van der Waals surface area contributed by atoms with Gasteiger partial charge in [0.1, 0.15) is 24.4 Å². The number of hydrogen-bond acceptors (Lipinski definition) is 8. The number of carbonyl (C=O) groups excluding carboxylic acids is 1. The van der Waals surface area contributed by atoms with Gasteiger partial charge in [-0.3, -0.25) is 4.79 Å². The molecule has 0 bridgehead atoms. The molecule has 0 saturated carbocycles. The number of aliphatic hydroxyl groups is 5. The monoisotopic (exact) mass is 1010 g/mol. The van der Waals surface area contributed by atoms with Crippen molar-refractivity contribution < 1.29 is 39.8 Å². The lowest BCUT2D eigenvalue weighted by Crippen LogP contribution is -2.60. The molecule has 1 fully saturated rings. The Balaban J connectivity index is 2.14. The molecule has 73 heavy (non-hydrogen) atoms. The number of amides is 1. The van der Waals surface area contributed by atoms with Crippen LogP contribution in [0.15, 0.2) is 146 Å². The first-order valence-electron chi connectivity index (χ1n) is 28.6. The number of nitrogens with one attached hydrogen (secondary N) is 1. The molecule has 0 radical (unpaired) electrons. The van der Waals surface area contributed by atoms with Crippen molar-refractivity contribution in [3.05, 3.63) is 146 Å². The number of ether oxygens (including phenoxy) is 2. The maximum Gasteiger partial charge on any atom is 0.220 e. The van der Waals surface area contributed by atoms with Crippen LogP contribution in [0.2, 0.25) is 0 Å². The number of allylic oxidation sites excluding steroid dienone is 23. The van der Waals surface area contributed by atoms with Crippen molar-refractivity contribution in [3.63, 3.8) is 0 Å². The quantitative estimate of drug-likeness (QED) is 0.0261. The van der Waals surface area contributed by atoms with E-state index in [1.165, 1.54) is 44.9 Å². The van der Waals surface area contributed by atoms with Crippen molar-refractivity contribution in [1.29, 1.82) is 0 Å². The van der Waals surface area contributed by atoms with Crippen molar-refractivity contribution in [2.24, 2.45) is 0 Å². The molecular weight excluding hydrogens is 911 g/mol. The minimum Gasteiger partial charge on any atom is -0.394 e. The average Bonchev–Trinajstić information content (AvgIpc) is 3.39. The van der Waals surface area contributed by atoms with Gasteiger partial charge in [-0.2, -0.15) is 0 Å². The first-order chi connectivity index (χ1) is 35.8. The van der Waals surface area contributed by atoms with Crippen LogP contribution in [0.25, 0.3) is 0 Å². The zero-order valence-corrected chi connectivity index (χ0v) is 45.6. The fraction of sp³-hybridized carbons (Fsp3) is 0.609. The molecule has 1 amide bonds. The number of carbonyl (C=O) groups is 1. The fourth-order valence-corrected chi connectivity index (χ4v) is 7.89. The first kappa shape index (κ1) is 67.1. The van der Waals surface area contributed by atoms with Crippen LogP contribution in [-0.2, 0) is 14.3 Å². The van der Waals surface area contributed by atoms with Crippen LogP contribution in [0.4, 0.5) is 0 Å². The Morgan fingerprint density at radius 1 is 0.479 bits per heavy atom. The molecular formula is C64H103NO8. The highest BCUT2D eigenvalue weighted by Gasteiger charge is 2.44. The molecule has 0 aromatic carbocycles. The van der Waals surface area contributed by atoms with Crippen molar-refractivity contribution in [2.75, 3.05) is 13.2 Å². The molecule has 0 aromatic rings. The molecule has 1 saturated heterocycles. The minimum absolute atomic E-state index is 0.203. The van der Waals surface area contributed by atoms with Gasteiger partial charge in [0.15, 0.2) is 6.29 Å². The van der Waals surface area contributed by atoms with Gasteiger partial charge in [0.25, 0.3) is 0 Å². The summed E-state index contributed by atoms with van der Waals surface area (Å²) in [6.45, 7) is 3.54. The Hall–Kier alpha value is -3.93. The van der Waals surface area contributed by atoms with E-state index in [0.29, 0.717) is 6.42 Å². The van der Waals surface area contributed by atoms with Crippen LogP contribution >= 0.6 is 0 Å². The number of unbranched alkanes of at least 4 members (excludes halogenated alkanes) is 14. The maximum atomic E-state index is 13.0. The van der Waals surface area contributed by atoms with Crippen LogP contribution in [0.3, 0.4) is 0 Å². The molecule has 0 aromatic heterocycles. The normalized spacial score (nSPS) is 20.2. The highest BCUT2D eigenvalue weighted by Crippen LogP contribution is 2.22. The molecule has 0 spiro atoms. The molecule has 1 aliphatic heterocycles. The fourth-order valence-electron chi connectivity index (χ4n) is 7.89. The molecule has 0 aliphatic carbocycles. The highest BCUT2D eigenvalue weighted by molar-refractivity contribution is 5.76. The lowest BCUT2D eigenvalue weighted by atomic mass is 9.99. The van der Waals surface area contributed by atoms with E-state index in [9.17, 15) is 30.3 Å². The summed E-state index contributed by atoms with van der Waals surface area (Å²) >= 11 is 0. The summed E-state index contributed by atoms with van der Waals surface area (Å²) in [5, 5.41) is 54.2. The van der Waals surface area contributed by atoms with E-state index in [1.54, 1.807) is 6.08 Å². The van der Waals surface area contributed by atoms with Crippen LogP contribution < -0.4 is 5.32 Å². The van der Waals surface area contributed by atoms with Gasteiger partial charge in [0.05, 0.1) is 25.4 Å². The second kappa shape index (κ2) is 51.6. The lowest BCUT2D eigenvalue weighted by Gasteiger charge is -2.40. The molecule has 9 nitrogen and oxygen atoms in total. The first-order valence-corrected chi connectivity index (χ1v) is 28.6. The second-order valence-electron chi connectivity index (χ2n) is 19.0. The summed E-state index contributed by atoms with van der Waals surface area (Å²) in [7, 11) is 0. The van der Waals surface area contributed by atoms with E-state index in [1.807, 2.05) is 6.08 Å². The van der Waals surface area contributed by atoms with Gasteiger partial charge in [0, 0.05) is 6.42 Å². The summed E-state index contributed by atoms with van der Waals surface area (Å²) in [4.78, 5) is 13.0. The van der Waals surface area contributed by atoms with Gasteiger partial charge in [-0.1, -0.05) is 224 Å². The molecule has 1 aliphatic rings. The van der Waals surface area contributed by atoms with E-state index < -0.39 is 49.5 Å². The summed E-state index contributed by atoms with van der Waals surface area (Å²) < 4.78 is 11.2. The third kappa shape index (κ3) is 41.1. The zero-order valence-electron chi connectivity index (χ0n) is 45.6. The Morgan fingerprint density at radius 2 is 0.863 bits per heavy atom. The topological polar surface area (TPSA) is 149 Å². The summed E-state index contributed by atoms with van der Waals surface area (Å²) in [6, 6.07) is -0.838. The van der Waals surface area contributed by atoms with Crippen molar-refractivity contribution >= 4 is 5.91 Å². The van der Waals surface area contributed by atoms with Gasteiger partial charge in [-0.05, 0) is 109 Å². The molecule has 7 atom stereocenters. The van der Waals surface area contributed by atoms with E-state index in [-0.39, 0.29) is 12.5 Å².